The number of hydrogen-bond acceptors (Lipinski definition) is 2. The predicted molar refractivity (Wildman–Crippen MR) is 43.5 cm³/mol. The van der Waals surface area contributed by atoms with E-state index in [1.165, 1.54) is 4.90 Å². The van der Waals surface area contributed by atoms with Crippen LogP contribution in [0.25, 0.3) is 0 Å². The van der Waals surface area contributed by atoms with E-state index in [4.69, 9.17) is 5.73 Å². The number of nitrogens with zero attached hydrogens (tertiary/aromatic N) is 1. The zero-order chi connectivity index (χ0) is 8.15. The molecule has 0 aromatic carbocycles. The third-order valence-corrected chi connectivity index (χ3v) is 1.06. The number of nitrogens with one attached hydrogen (secondary N) is 1. The highest BCUT2D eigenvalue weighted by molar-refractivity contribution is 7.80. The Balaban J connectivity index is 3.50. The van der Waals surface area contributed by atoms with Crippen molar-refractivity contribution < 1.29 is 4.79 Å². The maximum absolute atomic E-state index is 10.8. The molecule has 10 heavy (non-hydrogen) atoms. The van der Waals surface area contributed by atoms with Gasteiger partial charge in [-0.1, -0.05) is 0 Å². The fourth-order valence-electron chi connectivity index (χ4n) is 0.321. The van der Waals surface area contributed by atoms with E-state index in [0.717, 1.165) is 0 Å². The lowest BCUT2D eigenvalue weighted by atomic mass is 10.5. The van der Waals surface area contributed by atoms with Gasteiger partial charge in [0.25, 0.3) is 0 Å². The molecule has 4 nitrogen and oxygen atoms in total. The van der Waals surface area contributed by atoms with Gasteiger partial charge in [0, 0.05) is 14.1 Å². The topological polar surface area (TPSA) is 58.4 Å². The molecule has 0 aliphatic heterocycles. The molecule has 0 aromatic rings. The van der Waals surface area contributed by atoms with Crippen LogP contribution in [-0.4, -0.2) is 36.6 Å². The molecule has 0 unspecified atom stereocenters. The number of carbonyl (C=O) groups excluding carboxylic acids is 1. The first-order valence-corrected chi connectivity index (χ1v) is 3.18. The highest BCUT2D eigenvalue weighted by Gasteiger charge is 2.01. The number of likely N-dealkylation sites (N-methyl/N-ethyl adjacent to an activating group) is 1. The second kappa shape index (κ2) is 4.05. The molecule has 0 fully saturated rings. The van der Waals surface area contributed by atoms with Crippen molar-refractivity contribution >= 4 is 23.2 Å². The van der Waals surface area contributed by atoms with E-state index in [1.54, 1.807) is 14.1 Å². The standard InChI is InChI=1S/C5H11N3OS/c1-8(2)4(9)3-7-5(6)10/h3H2,1-2H3,(H3,6,7,10). The molecule has 0 bridgehead atoms. The van der Waals surface area contributed by atoms with E-state index in [2.05, 4.69) is 17.5 Å². The molecule has 3 N–H and O–H groups in total. The largest absolute Gasteiger partial charge is 0.376 e. The van der Waals surface area contributed by atoms with Crippen molar-refractivity contribution in [3.05, 3.63) is 0 Å². The molecule has 1 amide bonds. The van der Waals surface area contributed by atoms with Crippen molar-refractivity contribution in [2.45, 2.75) is 0 Å². The third kappa shape index (κ3) is 4.08. The summed E-state index contributed by atoms with van der Waals surface area (Å²) in [6, 6.07) is 0. The average Bonchev–Trinajstić information content (AvgIpc) is 1.82. The van der Waals surface area contributed by atoms with Crippen LogP contribution in [0.1, 0.15) is 0 Å². The summed E-state index contributed by atoms with van der Waals surface area (Å²) in [4.78, 5) is 12.3. The lowest BCUT2D eigenvalue weighted by molar-refractivity contribution is -0.127. The predicted octanol–water partition coefficient (Wildman–Crippen LogP) is -1.09. The first kappa shape index (κ1) is 9.16. The minimum atomic E-state index is -0.0483. The Bertz CT molecular complexity index is 146. The summed E-state index contributed by atoms with van der Waals surface area (Å²) in [6.07, 6.45) is 0. The molecule has 58 valence electrons. The molecule has 0 saturated carbocycles. The monoisotopic (exact) mass is 161 g/mol. The van der Waals surface area contributed by atoms with Crippen LogP contribution in [0, 0.1) is 0 Å². The van der Waals surface area contributed by atoms with E-state index in [9.17, 15) is 4.79 Å². The van der Waals surface area contributed by atoms with Crippen LogP contribution in [0.5, 0.6) is 0 Å². The van der Waals surface area contributed by atoms with Crippen molar-refractivity contribution in [3.63, 3.8) is 0 Å². The third-order valence-electron chi connectivity index (χ3n) is 0.913. The number of nitrogens with two attached hydrogens (primary N) is 1. The summed E-state index contributed by atoms with van der Waals surface area (Å²) >= 11 is 4.50. The Morgan fingerprint density at radius 1 is 1.70 bits per heavy atom. The van der Waals surface area contributed by atoms with Gasteiger partial charge in [-0.2, -0.15) is 0 Å². The molecule has 0 aliphatic carbocycles. The average molecular weight is 161 g/mol. The van der Waals surface area contributed by atoms with E-state index < -0.39 is 0 Å². The van der Waals surface area contributed by atoms with Crippen LogP contribution < -0.4 is 11.1 Å². The molecule has 0 atom stereocenters. The first-order valence-electron chi connectivity index (χ1n) is 2.77. The Kier molecular flexibility index (Phi) is 3.71. The Morgan fingerprint density at radius 3 is 2.50 bits per heavy atom. The molecule has 0 rings (SSSR count). The van der Waals surface area contributed by atoms with E-state index in [1.807, 2.05) is 0 Å². The molecule has 0 heterocycles. The summed E-state index contributed by atoms with van der Waals surface area (Å²) in [6.45, 7) is 0.169. The smallest absolute Gasteiger partial charge is 0.241 e. The summed E-state index contributed by atoms with van der Waals surface area (Å²) in [5.41, 5.74) is 5.09. The lowest BCUT2D eigenvalue weighted by Crippen LogP contribution is -2.38. The normalized spacial score (nSPS) is 8.60. The fourth-order valence-corrected chi connectivity index (χ4v) is 0.393. The Morgan fingerprint density at radius 2 is 2.20 bits per heavy atom. The van der Waals surface area contributed by atoms with E-state index >= 15 is 0 Å². The maximum atomic E-state index is 10.8. The minimum Gasteiger partial charge on any atom is -0.376 e. The summed E-state index contributed by atoms with van der Waals surface area (Å²) < 4.78 is 0. The molecule has 0 aliphatic rings. The van der Waals surface area contributed by atoms with Crippen LogP contribution in [0.2, 0.25) is 0 Å². The molecule has 0 aromatic heterocycles. The summed E-state index contributed by atoms with van der Waals surface area (Å²) in [5.74, 6) is -0.0483. The van der Waals surface area contributed by atoms with Gasteiger partial charge in [-0.3, -0.25) is 4.79 Å². The Labute approximate surface area is 65.4 Å². The van der Waals surface area contributed by atoms with Crippen LogP contribution in [0.3, 0.4) is 0 Å². The number of carbonyl (C=O) groups is 1. The first-order chi connectivity index (χ1) is 4.54. The van der Waals surface area contributed by atoms with E-state index in [0.29, 0.717) is 0 Å². The summed E-state index contributed by atoms with van der Waals surface area (Å²) in [5, 5.41) is 2.69. The van der Waals surface area contributed by atoms with Crippen LogP contribution >= 0.6 is 12.2 Å². The maximum Gasteiger partial charge on any atom is 0.241 e. The van der Waals surface area contributed by atoms with Crippen LogP contribution in [0.15, 0.2) is 0 Å². The molecule has 5 heteroatoms. The molecule has 0 spiro atoms. The number of thiocarbonyl (C=S) groups is 1. The second-order valence-electron chi connectivity index (χ2n) is 2.01. The van der Waals surface area contributed by atoms with Crippen molar-refractivity contribution in [2.75, 3.05) is 20.6 Å². The fraction of sp³-hybridized carbons (Fsp3) is 0.600. The molecular formula is C5H11N3OS. The lowest BCUT2D eigenvalue weighted by Gasteiger charge is -2.09. The minimum absolute atomic E-state index is 0.0483. The van der Waals surface area contributed by atoms with Crippen LogP contribution in [0.4, 0.5) is 0 Å². The van der Waals surface area contributed by atoms with Gasteiger partial charge in [0.1, 0.15) is 0 Å². The molecule has 0 saturated heterocycles. The van der Waals surface area contributed by atoms with Gasteiger partial charge in [0.2, 0.25) is 5.91 Å². The van der Waals surface area contributed by atoms with Gasteiger partial charge in [0.05, 0.1) is 6.54 Å². The van der Waals surface area contributed by atoms with Crippen molar-refractivity contribution in [1.29, 1.82) is 0 Å². The quantitative estimate of drug-likeness (QED) is 0.505. The second-order valence-corrected chi connectivity index (χ2v) is 2.45. The van der Waals surface area contributed by atoms with Gasteiger partial charge >= 0.3 is 0 Å². The highest BCUT2D eigenvalue weighted by Crippen LogP contribution is 1.74. The van der Waals surface area contributed by atoms with Crippen molar-refractivity contribution in [2.24, 2.45) is 5.73 Å². The zero-order valence-corrected chi connectivity index (χ0v) is 6.86. The molecular weight excluding hydrogens is 150 g/mol. The Hall–Kier alpha value is -0.840. The van der Waals surface area contributed by atoms with E-state index in [-0.39, 0.29) is 17.6 Å². The van der Waals surface area contributed by atoms with Crippen LogP contribution in [-0.2, 0) is 4.79 Å². The van der Waals surface area contributed by atoms with Crippen molar-refractivity contribution in [3.8, 4) is 0 Å². The van der Waals surface area contributed by atoms with Gasteiger partial charge in [-0.05, 0) is 12.2 Å². The molecule has 0 radical (unpaired) electrons. The number of hydrogen-bond donors (Lipinski definition) is 2. The van der Waals surface area contributed by atoms with Gasteiger partial charge in [-0.15, -0.1) is 0 Å². The van der Waals surface area contributed by atoms with Crippen molar-refractivity contribution in [1.82, 2.24) is 10.2 Å². The summed E-state index contributed by atoms with van der Waals surface area (Å²) in [7, 11) is 3.34. The van der Waals surface area contributed by atoms with Gasteiger partial charge < -0.3 is 16.0 Å². The highest BCUT2D eigenvalue weighted by atomic mass is 32.1. The SMILES string of the molecule is CN(C)C(=O)CNC(N)=S. The van der Waals surface area contributed by atoms with Gasteiger partial charge in [0.15, 0.2) is 5.11 Å². The van der Waals surface area contributed by atoms with Gasteiger partial charge in [-0.25, -0.2) is 0 Å². The number of amides is 1. The number of rotatable bonds is 2. The zero-order valence-electron chi connectivity index (χ0n) is 6.05.